The second-order valence-electron chi connectivity index (χ2n) is 6.00. The fourth-order valence-corrected chi connectivity index (χ4v) is 2.97. The highest BCUT2D eigenvalue weighted by atomic mass is 16.2. The van der Waals surface area contributed by atoms with Crippen molar-refractivity contribution in [1.29, 1.82) is 0 Å². The number of amides is 1. The van der Waals surface area contributed by atoms with Crippen LogP contribution in [-0.2, 0) is 6.54 Å². The van der Waals surface area contributed by atoms with Gasteiger partial charge in [0.25, 0.3) is 5.91 Å². The standard InChI is InChI=1S/C19H20N4O2/c1-12-17(14(3)24)13(2)22-18(12)19(25)21-10-15-4-6-16(7-5-15)23-9-8-20-11-23/h4-9,11,22H,10H2,1-3H3,(H,21,25). The Morgan fingerprint density at radius 1 is 1.20 bits per heavy atom. The molecule has 0 radical (unpaired) electrons. The number of nitrogens with one attached hydrogen (secondary N) is 2. The van der Waals surface area contributed by atoms with Crippen LogP contribution >= 0.6 is 0 Å². The number of imidazole rings is 1. The highest BCUT2D eigenvalue weighted by Crippen LogP contribution is 2.18. The lowest BCUT2D eigenvalue weighted by molar-refractivity contribution is 0.0945. The maximum Gasteiger partial charge on any atom is 0.268 e. The monoisotopic (exact) mass is 336 g/mol. The summed E-state index contributed by atoms with van der Waals surface area (Å²) in [5.74, 6) is -0.257. The molecule has 2 aromatic heterocycles. The number of ketones is 1. The second kappa shape index (κ2) is 6.76. The number of H-pyrrole nitrogens is 1. The number of benzene rings is 1. The normalized spacial score (nSPS) is 10.7. The number of carbonyl (C=O) groups excluding carboxylic acids is 2. The SMILES string of the molecule is CC(=O)c1c(C)[nH]c(C(=O)NCc2ccc(-n3ccnc3)cc2)c1C. The van der Waals surface area contributed by atoms with E-state index in [1.807, 2.05) is 35.0 Å². The minimum Gasteiger partial charge on any atom is -0.354 e. The van der Waals surface area contributed by atoms with Crippen LogP contribution in [0.15, 0.2) is 43.0 Å². The van der Waals surface area contributed by atoms with Crippen molar-refractivity contribution < 1.29 is 9.59 Å². The highest BCUT2D eigenvalue weighted by Gasteiger charge is 2.19. The molecular weight excluding hydrogens is 316 g/mol. The minimum atomic E-state index is -0.216. The molecular formula is C19H20N4O2. The van der Waals surface area contributed by atoms with E-state index in [2.05, 4.69) is 15.3 Å². The number of hydrogen-bond donors (Lipinski definition) is 2. The maximum atomic E-state index is 12.4. The van der Waals surface area contributed by atoms with Crippen LogP contribution in [0.2, 0.25) is 0 Å². The summed E-state index contributed by atoms with van der Waals surface area (Å²) in [4.78, 5) is 31.1. The lowest BCUT2D eigenvalue weighted by Crippen LogP contribution is -2.24. The molecule has 0 aliphatic rings. The van der Waals surface area contributed by atoms with Crippen LogP contribution in [0.1, 0.15) is 44.6 Å². The Labute approximate surface area is 145 Å². The van der Waals surface area contributed by atoms with Crippen molar-refractivity contribution in [2.75, 3.05) is 0 Å². The highest BCUT2D eigenvalue weighted by molar-refractivity contribution is 6.02. The molecule has 0 spiro atoms. The summed E-state index contributed by atoms with van der Waals surface area (Å²) in [6.45, 7) is 5.51. The molecule has 0 aliphatic heterocycles. The number of nitrogens with zero attached hydrogens (tertiary/aromatic N) is 2. The van der Waals surface area contributed by atoms with Gasteiger partial charge in [-0.2, -0.15) is 0 Å². The third kappa shape index (κ3) is 3.38. The predicted octanol–water partition coefficient (Wildman–Crippen LogP) is 2.95. The van der Waals surface area contributed by atoms with Crippen molar-refractivity contribution in [3.63, 3.8) is 0 Å². The minimum absolute atomic E-state index is 0.0413. The van der Waals surface area contributed by atoms with Gasteiger partial charge in [0.1, 0.15) is 5.69 Å². The van der Waals surface area contributed by atoms with Gasteiger partial charge in [-0.3, -0.25) is 9.59 Å². The van der Waals surface area contributed by atoms with Crippen molar-refractivity contribution in [3.8, 4) is 5.69 Å². The third-order valence-corrected chi connectivity index (χ3v) is 4.21. The average Bonchev–Trinajstić information content (AvgIpc) is 3.21. The molecule has 0 atom stereocenters. The van der Waals surface area contributed by atoms with Gasteiger partial charge in [-0.05, 0) is 44.0 Å². The van der Waals surface area contributed by atoms with Crippen molar-refractivity contribution in [3.05, 3.63) is 71.1 Å². The van der Waals surface area contributed by atoms with Gasteiger partial charge >= 0.3 is 0 Å². The maximum absolute atomic E-state index is 12.4. The summed E-state index contributed by atoms with van der Waals surface area (Å²) in [7, 11) is 0. The third-order valence-electron chi connectivity index (χ3n) is 4.21. The Kier molecular flexibility index (Phi) is 4.52. The molecule has 0 saturated carbocycles. The summed E-state index contributed by atoms with van der Waals surface area (Å²) < 4.78 is 1.91. The molecule has 0 fully saturated rings. The van der Waals surface area contributed by atoms with E-state index in [1.54, 1.807) is 26.4 Å². The number of aryl methyl sites for hydroxylation is 1. The number of aromatic nitrogens is 3. The zero-order valence-electron chi connectivity index (χ0n) is 14.5. The van der Waals surface area contributed by atoms with E-state index in [0.29, 0.717) is 23.4 Å². The van der Waals surface area contributed by atoms with Gasteiger partial charge in [-0.15, -0.1) is 0 Å². The Morgan fingerprint density at radius 3 is 2.48 bits per heavy atom. The van der Waals surface area contributed by atoms with Gasteiger partial charge < -0.3 is 14.9 Å². The molecule has 2 N–H and O–H groups in total. The molecule has 6 heteroatoms. The number of carbonyl (C=O) groups is 2. The van der Waals surface area contributed by atoms with E-state index < -0.39 is 0 Å². The first kappa shape index (κ1) is 16.7. The van der Waals surface area contributed by atoms with Crippen LogP contribution in [0.4, 0.5) is 0 Å². The van der Waals surface area contributed by atoms with E-state index >= 15 is 0 Å². The van der Waals surface area contributed by atoms with Gasteiger partial charge in [0, 0.05) is 35.9 Å². The van der Waals surface area contributed by atoms with Crippen molar-refractivity contribution >= 4 is 11.7 Å². The van der Waals surface area contributed by atoms with Crippen LogP contribution < -0.4 is 5.32 Å². The van der Waals surface area contributed by atoms with E-state index in [4.69, 9.17) is 0 Å². The summed E-state index contributed by atoms with van der Waals surface area (Å²) in [6, 6.07) is 7.87. The second-order valence-corrected chi connectivity index (χ2v) is 6.00. The molecule has 1 amide bonds. The van der Waals surface area contributed by atoms with Crippen LogP contribution in [-0.4, -0.2) is 26.2 Å². The first-order valence-electron chi connectivity index (χ1n) is 8.03. The van der Waals surface area contributed by atoms with Gasteiger partial charge in [0.2, 0.25) is 0 Å². The lowest BCUT2D eigenvalue weighted by Gasteiger charge is -2.07. The molecule has 1 aromatic carbocycles. The molecule has 6 nitrogen and oxygen atoms in total. The fourth-order valence-electron chi connectivity index (χ4n) is 2.97. The zero-order chi connectivity index (χ0) is 18.0. The number of Topliss-reactive ketones (excluding diaryl/α,β-unsaturated/α-hetero) is 1. The summed E-state index contributed by atoms with van der Waals surface area (Å²) in [5, 5.41) is 2.89. The topological polar surface area (TPSA) is 79.8 Å². The fraction of sp³-hybridized carbons (Fsp3) is 0.211. The molecule has 2 heterocycles. The molecule has 3 rings (SSSR count). The van der Waals surface area contributed by atoms with E-state index in [1.165, 1.54) is 6.92 Å². The predicted molar refractivity (Wildman–Crippen MR) is 95.0 cm³/mol. The van der Waals surface area contributed by atoms with Gasteiger partial charge in [-0.1, -0.05) is 12.1 Å². The van der Waals surface area contributed by atoms with Crippen molar-refractivity contribution in [1.82, 2.24) is 19.9 Å². The molecule has 0 bridgehead atoms. The summed E-state index contributed by atoms with van der Waals surface area (Å²) in [6.07, 6.45) is 5.34. The summed E-state index contributed by atoms with van der Waals surface area (Å²) >= 11 is 0. The first-order chi connectivity index (χ1) is 12.0. The number of rotatable bonds is 5. The van der Waals surface area contributed by atoms with Crippen molar-refractivity contribution in [2.24, 2.45) is 0 Å². The summed E-state index contributed by atoms with van der Waals surface area (Å²) in [5.41, 5.74) is 4.45. The average molecular weight is 336 g/mol. The molecule has 3 aromatic rings. The lowest BCUT2D eigenvalue weighted by atomic mass is 10.1. The van der Waals surface area contributed by atoms with Crippen LogP contribution in [0.25, 0.3) is 5.69 Å². The Morgan fingerprint density at radius 2 is 1.92 bits per heavy atom. The van der Waals surface area contributed by atoms with Crippen molar-refractivity contribution in [2.45, 2.75) is 27.3 Å². The number of aromatic amines is 1. The van der Waals surface area contributed by atoms with Crippen LogP contribution in [0.3, 0.4) is 0 Å². The van der Waals surface area contributed by atoms with E-state index in [0.717, 1.165) is 16.9 Å². The van der Waals surface area contributed by atoms with E-state index in [-0.39, 0.29) is 11.7 Å². The van der Waals surface area contributed by atoms with E-state index in [9.17, 15) is 9.59 Å². The molecule has 0 aliphatic carbocycles. The molecule has 0 unspecified atom stereocenters. The van der Waals surface area contributed by atoms with Crippen LogP contribution in [0, 0.1) is 13.8 Å². The molecule has 128 valence electrons. The Bertz CT molecular complexity index is 906. The number of hydrogen-bond acceptors (Lipinski definition) is 3. The van der Waals surface area contributed by atoms with Gasteiger partial charge in [0.05, 0.1) is 6.33 Å². The van der Waals surface area contributed by atoms with Crippen LogP contribution in [0.5, 0.6) is 0 Å². The molecule has 25 heavy (non-hydrogen) atoms. The van der Waals surface area contributed by atoms with Gasteiger partial charge in [-0.25, -0.2) is 4.98 Å². The Hall–Kier alpha value is -3.15. The molecule has 0 saturated heterocycles. The smallest absolute Gasteiger partial charge is 0.268 e. The largest absolute Gasteiger partial charge is 0.354 e. The quantitative estimate of drug-likeness (QED) is 0.703. The Balaban J connectivity index is 1.68. The first-order valence-corrected chi connectivity index (χ1v) is 8.03. The zero-order valence-corrected chi connectivity index (χ0v) is 14.5. The van der Waals surface area contributed by atoms with Gasteiger partial charge in [0.15, 0.2) is 5.78 Å².